The second kappa shape index (κ2) is 9.79. The predicted molar refractivity (Wildman–Crippen MR) is 131 cm³/mol. The molecule has 0 spiro atoms. The Labute approximate surface area is 194 Å². The Hall–Kier alpha value is -2.12. The fourth-order valence-electron chi connectivity index (χ4n) is 4.14. The van der Waals surface area contributed by atoms with E-state index in [1.54, 1.807) is 0 Å². The Morgan fingerprint density at radius 2 is 1.03 bits per heavy atom. The average molecular weight is 449 g/mol. The van der Waals surface area contributed by atoms with E-state index in [4.69, 9.17) is 9.98 Å². The SMILES string of the molecule is CC(C)CC1C(=NC(C)(C)C)NC(=O)N1CCN1C(=O)NC(=NC(C)(C)C)C1CC(C)C. The van der Waals surface area contributed by atoms with Crippen molar-refractivity contribution in [2.24, 2.45) is 21.8 Å². The standard InChI is InChI=1S/C24H44N6O2/c1-15(2)13-17-19(27-23(5,6)7)25-21(31)29(17)11-12-30-18(14-16(3)4)20(26-22(30)32)28-24(8,9)10/h15-18H,11-14H2,1-10H3,(H,25,27,31)(H,26,28,32). The number of urea groups is 2. The molecule has 0 bridgehead atoms. The number of hydrogen-bond donors (Lipinski definition) is 2. The molecule has 32 heavy (non-hydrogen) atoms. The van der Waals surface area contributed by atoms with Crippen molar-refractivity contribution in [2.75, 3.05) is 13.1 Å². The zero-order valence-corrected chi connectivity index (χ0v) is 21.7. The third-order valence-corrected chi connectivity index (χ3v) is 5.26. The number of amidine groups is 2. The van der Waals surface area contributed by atoms with Crippen LogP contribution in [-0.4, -0.2) is 69.8 Å². The van der Waals surface area contributed by atoms with Crippen LogP contribution >= 0.6 is 0 Å². The second-order valence-electron chi connectivity index (χ2n) is 11.9. The maximum atomic E-state index is 12.9. The quantitative estimate of drug-likeness (QED) is 0.609. The molecule has 2 aliphatic rings. The minimum atomic E-state index is -0.274. The lowest BCUT2D eigenvalue weighted by atomic mass is 10.0. The molecule has 2 unspecified atom stereocenters. The zero-order valence-electron chi connectivity index (χ0n) is 21.7. The number of amides is 4. The summed E-state index contributed by atoms with van der Waals surface area (Å²) in [5.41, 5.74) is -0.549. The lowest BCUT2D eigenvalue weighted by molar-refractivity contribution is 0.173. The Balaban J connectivity index is 2.25. The van der Waals surface area contributed by atoms with Crippen LogP contribution in [0.3, 0.4) is 0 Å². The highest BCUT2D eigenvalue weighted by Gasteiger charge is 2.41. The van der Waals surface area contributed by atoms with Gasteiger partial charge in [-0.25, -0.2) is 9.59 Å². The van der Waals surface area contributed by atoms with E-state index in [0.29, 0.717) is 24.9 Å². The van der Waals surface area contributed by atoms with Crippen LogP contribution < -0.4 is 10.6 Å². The summed E-state index contributed by atoms with van der Waals surface area (Å²) in [7, 11) is 0. The van der Waals surface area contributed by atoms with Gasteiger partial charge in [0, 0.05) is 13.1 Å². The zero-order chi connectivity index (χ0) is 24.4. The summed E-state index contributed by atoms with van der Waals surface area (Å²) in [6.07, 6.45) is 1.65. The number of nitrogens with one attached hydrogen (secondary N) is 2. The number of carbonyl (C=O) groups excluding carboxylic acids is 2. The summed E-state index contributed by atoms with van der Waals surface area (Å²) in [6, 6.07) is -0.471. The molecule has 2 atom stereocenters. The van der Waals surface area contributed by atoms with Gasteiger partial charge in [0.2, 0.25) is 0 Å². The topological polar surface area (TPSA) is 89.4 Å². The molecule has 2 rings (SSSR count). The fourth-order valence-corrected chi connectivity index (χ4v) is 4.14. The van der Waals surface area contributed by atoms with Crippen LogP contribution in [0.5, 0.6) is 0 Å². The van der Waals surface area contributed by atoms with Gasteiger partial charge in [-0.1, -0.05) is 27.7 Å². The summed E-state index contributed by atoms with van der Waals surface area (Å²) in [5, 5.41) is 5.96. The molecule has 0 radical (unpaired) electrons. The molecule has 8 nitrogen and oxygen atoms in total. The van der Waals surface area contributed by atoms with Crippen LogP contribution in [0.25, 0.3) is 0 Å². The highest BCUT2D eigenvalue weighted by Crippen LogP contribution is 2.23. The minimum absolute atomic E-state index is 0.0985. The lowest BCUT2D eigenvalue weighted by Gasteiger charge is -2.30. The highest BCUT2D eigenvalue weighted by atomic mass is 16.2. The van der Waals surface area contributed by atoms with Crippen molar-refractivity contribution in [3.05, 3.63) is 0 Å². The van der Waals surface area contributed by atoms with E-state index in [1.807, 2.05) is 51.3 Å². The lowest BCUT2D eigenvalue weighted by Crippen LogP contribution is -2.45. The first-order valence-electron chi connectivity index (χ1n) is 11.9. The largest absolute Gasteiger partial charge is 0.323 e. The molecule has 8 heteroatoms. The third kappa shape index (κ3) is 7.20. The first kappa shape index (κ1) is 26.1. The van der Waals surface area contributed by atoms with Crippen molar-refractivity contribution in [3.63, 3.8) is 0 Å². The normalized spacial score (nSPS) is 25.0. The van der Waals surface area contributed by atoms with Crippen molar-refractivity contribution >= 4 is 23.7 Å². The first-order valence-corrected chi connectivity index (χ1v) is 11.9. The summed E-state index contributed by atoms with van der Waals surface area (Å²) >= 11 is 0. The molecule has 182 valence electrons. The Morgan fingerprint density at radius 1 is 0.719 bits per heavy atom. The van der Waals surface area contributed by atoms with Gasteiger partial charge in [-0.2, -0.15) is 0 Å². The Kier molecular flexibility index (Phi) is 8.00. The number of aliphatic imine (C=N–C) groups is 2. The van der Waals surface area contributed by atoms with Gasteiger partial charge < -0.3 is 9.80 Å². The molecule has 0 aromatic rings. The van der Waals surface area contributed by atoms with Gasteiger partial charge in [-0.3, -0.25) is 20.6 Å². The van der Waals surface area contributed by atoms with Gasteiger partial charge in [0.15, 0.2) is 0 Å². The number of nitrogens with zero attached hydrogens (tertiary/aromatic N) is 4. The van der Waals surface area contributed by atoms with E-state index in [2.05, 4.69) is 38.3 Å². The van der Waals surface area contributed by atoms with E-state index in [-0.39, 0.29) is 35.2 Å². The summed E-state index contributed by atoms with van der Waals surface area (Å²) in [6.45, 7) is 21.7. The maximum Gasteiger partial charge on any atom is 0.323 e. The highest BCUT2D eigenvalue weighted by molar-refractivity contribution is 6.08. The molecule has 2 N–H and O–H groups in total. The van der Waals surface area contributed by atoms with Gasteiger partial charge in [-0.05, 0) is 66.2 Å². The smallest absolute Gasteiger partial charge is 0.313 e. The Bertz CT molecular complexity index is 693. The van der Waals surface area contributed by atoms with Gasteiger partial charge in [-0.15, -0.1) is 0 Å². The molecule has 0 aromatic heterocycles. The molecular weight excluding hydrogens is 404 g/mol. The molecule has 0 saturated carbocycles. The van der Waals surface area contributed by atoms with Crippen molar-refractivity contribution in [1.29, 1.82) is 0 Å². The number of rotatable bonds is 7. The van der Waals surface area contributed by atoms with Crippen molar-refractivity contribution in [2.45, 2.75) is 105 Å². The number of carbonyl (C=O) groups is 2. The van der Waals surface area contributed by atoms with E-state index >= 15 is 0 Å². The van der Waals surface area contributed by atoms with Gasteiger partial charge in [0.25, 0.3) is 0 Å². The van der Waals surface area contributed by atoms with E-state index in [9.17, 15) is 9.59 Å². The van der Waals surface area contributed by atoms with E-state index in [1.165, 1.54) is 0 Å². The Morgan fingerprint density at radius 3 is 1.28 bits per heavy atom. The maximum absolute atomic E-state index is 12.9. The molecule has 0 aliphatic carbocycles. The number of hydrogen-bond acceptors (Lipinski definition) is 4. The van der Waals surface area contributed by atoms with Crippen molar-refractivity contribution in [3.8, 4) is 0 Å². The van der Waals surface area contributed by atoms with E-state index in [0.717, 1.165) is 24.5 Å². The van der Waals surface area contributed by atoms with Crippen LogP contribution in [-0.2, 0) is 0 Å². The van der Waals surface area contributed by atoms with Crippen LogP contribution in [0.1, 0.15) is 82.1 Å². The molecule has 4 amide bonds. The molecule has 2 saturated heterocycles. The summed E-state index contributed by atoms with van der Waals surface area (Å²) in [4.78, 5) is 38.9. The molecule has 0 aromatic carbocycles. The van der Waals surface area contributed by atoms with Gasteiger partial charge in [0.05, 0.1) is 23.2 Å². The van der Waals surface area contributed by atoms with Gasteiger partial charge in [0.1, 0.15) is 11.7 Å². The van der Waals surface area contributed by atoms with Gasteiger partial charge >= 0.3 is 12.1 Å². The second-order valence-corrected chi connectivity index (χ2v) is 11.9. The van der Waals surface area contributed by atoms with Crippen LogP contribution in [0.2, 0.25) is 0 Å². The predicted octanol–water partition coefficient (Wildman–Crippen LogP) is 4.26. The molecule has 2 fully saturated rings. The molecule has 2 aliphatic heterocycles. The summed E-state index contributed by atoms with van der Waals surface area (Å²) in [5.74, 6) is 2.29. The van der Waals surface area contributed by atoms with Crippen LogP contribution in [0.15, 0.2) is 9.98 Å². The first-order chi connectivity index (χ1) is 14.6. The van der Waals surface area contributed by atoms with Crippen LogP contribution in [0, 0.1) is 11.8 Å². The third-order valence-electron chi connectivity index (χ3n) is 5.26. The minimum Gasteiger partial charge on any atom is -0.313 e. The monoisotopic (exact) mass is 448 g/mol. The van der Waals surface area contributed by atoms with Crippen molar-refractivity contribution in [1.82, 2.24) is 20.4 Å². The molecule has 2 heterocycles. The van der Waals surface area contributed by atoms with Crippen LogP contribution in [0.4, 0.5) is 9.59 Å². The van der Waals surface area contributed by atoms with E-state index < -0.39 is 0 Å². The fraction of sp³-hybridized carbons (Fsp3) is 0.833. The van der Waals surface area contributed by atoms with Crippen molar-refractivity contribution < 1.29 is 9.59 Å². The molecular formula is C24H44N6O2. The summed E-state index contributed by atoms with van der Waals surface area (Å²) < 4.78 is 0. The average Bonchev–Trinajstić information content (AvgIpc) is 2.99.